The molecule has 4 nitrogen and oxygen atoms in total. The molecule has 0 saturated carbocycles. The molecule has 0 unspecified atom stereocenters. The van der Waals surface area contributed by atoms with Crippen LogP contribution in [0.1, 0.15) is 25.3 Å². The van der Waals surface area contributed by atoms with Gasteiger partial charge in [-0.15, -0.1) is 0 Å². The van der Waals surface area contributed by atoms with Crippen LogP contribution in [-0.2, 0) is 4.79 Å². The third-order valence-corrected chi connectivity index (χ3v) is 3.07. The maximum Gasteiger partial charge on any atom is 0.239 e. The van der Waals surface area contributed by atoms with Gasteiger partial charge in [0, 0.05) is 7.05 Å². The van der Waals surface area contributed by atoms with Gasteiger partial charge in [0.1, 0.15) is 12.4 Å². The number of likely N-dealkylation sites (N-methyl/N-ethyl adjacent to an activating group) is 1. The van der Waals surface area contributed by atoms with Gasteiger partial charge in [0.15, 0.2) is 0 Å². The summed E-state index contributed by atoms with van der Waals surface area (Å²) in [6.45, 7) is 5.05. The quantitative estimate of drug-likeness (QED) is 0.819. The zero-order valence-corrected chi connectivity index (χ0v) is 12.1. The molecule has 0 aliphatic heterocycles. The summed E-state index contributed by atoms with van der Waals surface area (Å²) in [5, 5.41) is 0. The van der Waals surface area contributed by atoms with Gasteiger partial charge in [-0.1, -0.05) is 31.5 Å². The molecule has 19 heavy (non-hydrogen) atoms. The molecule has 0 aromatic heterocycles. The average Bonchev–Trinajstić information content (AvgIpc) is 2.40. The summed E-state index contributed by atoms with van der Waals surface area (Å²) in [4.78, 5) is 13.5. The lowest BCUT2D eigenvalue weighted by atomic mass is 10.1. The molecule has 106 valence electrons. The van der Waals surface area contributed by atoms with E-state index in [9.17, 15) is 4.79 Å². The normalized spacial score (nSPS) is 12.0. The van der Waals surface area contributed by atoms with Crippen LogP contribution in [0.25, 0.3) is 0 Å². The third-order valence-electron chi connectivity index (χ3n) is 3.07. The molecule has 1 aromatic rings. The fourth-order valence-electron chi connectivity index (χ4n) is 1.84. The number of rotatable bonds is 7. The van der Waals surface area contributed by atoms with Crippen molar-refractivity contribution < 1.29 is 9.53 Å². The smallest absolute Gasteiger partial charge is 0.239 e. The number of amides is 1. The number of ether oxygens (including phenoxy) is 1. The van der Waals surface area contributed by atoms with Crippen molar-refractivity contribution in [1.29, 1.82) is 0 Å². The van der Waals surface area contributed by atoms with Crippen LogP contribution in [0.3, 0.4) is 0 Å². The van der Waals surface area contributed by atoms with E-state index in [1.165, 1.54) is 0 Å². The van der Waals surface area contributed by atoms with Gasteiger partial charge in [-0.2, -0.15) is 0 Å². The molecular formula is C15H24N2O2. The van der Waals surface area contributed by atoms with Crippen LogP contribution in [-0.4, -0.2) is 37.0 Å². The van der Waals surface area contributed by atoms with Crippen LogP contribution in [0.15, 0.2) is 24.3 Å². The Hall–Kier alpha value is -1.55. The van der Waals surface area contributed by atoms with Gasteiger partial charge in [0.25, 0.3) is 0 Å². The predicted molar refractivity (Wildman–Crippen MR) is 77.2 cm³/mol. The van der Waals surface area contributed by atoms with E-state index in [1.54, 1.807) is 11.9 Å². The molecule has 0 bridgehead atoms. The molecule has 1 rings (SSSR count). The lowest BCUT2D eigenvalue weighted by Gasteiger charge is -2.21. The van der Waals surface area contributed by atoms with Crippen LogP contribution >= 0.6 is 0 Å². The average molecular weight is 264 g/mol. The van der Waals surface area contributed by atoms with Crippen molar-refractivity contribution in [2.75, 3.05) is 20.2 Å². The monoisotopic (exact) mass is 264 g/mol. The Morgan fingerprint density at radius 2 is 2.11 bits per heavy atom. The minimum Gasteiger partial charge on any atom is -0.491 e. The minimum absolute atomic E-state index is 0.0183. The highest BCUT2D eigenvalue weighted by Crippen LogP contribution is 2.15. The fraction of sp³-hybridized carbons (Fsp3) is 0.533. The summed E-state index contributed by atoms with van der Waals surface area (Å²) >= 11 is 0. The fourth-order valence-corrected chi connectivity index (χ4v) is 1.84. The summed E-state index contributed by atoms with van der Waals surface area (Å²) in [6, 6.07) is 7.45. The highest BCUT2D eigenvalue weighted by molar-refractivity contribution is 5.81. The molecule has 2 N–H and O–H groups in total. The van der Waals surface area contributed by atoms with Crippen LogP contribution in [0.5, 0.6) is 5.75 Å². The van der Waals surface area contributed by atoms with Crippen molar-refractivity contribution in [2.24, 2.45) is 5.73 Å². The van der Waals surface area contributed by atoms with Crippen LogP contribution < -0.4 is 10.5 Å². The van der Waals surface area contributed by atoms with Crippen molar-refractivity contribution in [3.63, 3.8) is 0 Å². The Morgan fingerprint density at radius 1 is 1.42 bits per heavy atom. The summed E-state index contributed by atoms with van der Waals surface area (Å²) in [6.07, 6.45) is 1.64. The van der Waals surface area contributed by atoms with E-state index in [0.29, 0.717) is 13.2 Å². The number of carbonyl (C=O) groups is 1. The number of hydrogen-bond donors (Lipinski definition) is 1. The van der Waals surface area contributed by atoms with Gasteiger partial charge >= 0.3 is 0 Å². The van der Waals surface area contributed by atoms with Gasteiger partial charge in [0.2, 0.25) is 5.91 Å². The van der Waals surface area contributed by atoms with E-state index in [-0.39, 0.29) is 5.91 Å². The summed E-state index contributed by atoms with van der Waals surface area (Å²) in [7, 11) is 1.76. The Balaban J connectivity index is 2.37. The SMILES string of the molecule is CCC[C@@H](N)C(=O)N(C)CCOc1ccccc1C. The summed E-state index contributed by atoms with van der Waals surface area (Å²) in [5.41, 5.74) is 6.90. The zero-order chi connectivity index (χ0) is 14.3. The second-order valence-electron chi connectivity index (χ2n) is 4.77. The first-order valence-corrected chi connectivity index (χ1v) is 6.75. The highest BCUT2D eigenvalue weighted by atomic mass is 16.5. The van der Waals surface area contributed by atoms with Crippen LogP contribution in [0.2, 0.25) is 0 Å². The number of nitrogens with two attached hydrogens (primary N) is 1. The molecular weight excluding hydrogens is 240 g/mol. The maximum absolute atomic E-state index is 11.9. The maximum atomic E-state index is 11.9. The van der Waals surface area contributed by atoms with Crippen LogP contribution in [0.4, 0.5) is 0 Å². The first-order valence-electron chi connectivity index (χ1n) is 6.75. The molecule has 1 atom stereocenters. The number of aryl methyl sites for hydroxylation is 1. The minimum atomic E-state index is -0.395. The molecule has 0 heterocycles. The van der Waals surface area contributed by atoms with Crippen LogP contribution in [0, 0.1) is 6.92 Å². The third kappa shape index (κ3) is 4.91. The molecule has 4 heteroatoms. The van der Waals surface area contributed by atoms with Crippen molar-refractivity contribution in [2.45, 2.75) is 32.7 Å². The molecule has 0 aliphatic carbocycles. The molecule has 0 spiro atoms. The Kier molecular flexibility index (Phi) is 6.36. The molecule has 0 fully saturated rings. The first-order chi connectivity index (χ1) is 9.06. The van der Waals surface area contributed by atoms with Gasteiger partial charge in [-0.3, -0.25) is 4.79 Å². The molecule has 1 aromatic carbocycles. The Morgan fingerprint density at radius 3 is 2.74 bits per heavy atom. The Bertz CT molecular complexity index is 407. The van der Waals surface area contributed by atoms with Crippen molar-refractivity contribution in [1.82, 2.24) is 4.90 Å². The van der Waals surface area contributed by atoms with E-state index in [4.69, 9.17) is 10.5 Å². The van der Waals surface area contributed by atoms with Gasteiger partial charge < -0.3 is 15.4 Å². The largest absolute Gasteiger partial charge is 0.491 e. The molecule has 0 saturated heterocycles. The van der Waals surface area contributed by atoms with Gasteiger partial charge in [-0.25, -0.2) is 0 Å². The first kappa shape index (κ1) is 15.5. The number of hydrogen-bond acceptors (Lipinski definition) is 3. The lowest BCUT2D eigenvalue weighted by Crippen LogP contribution is -2.43. The van der Waals surface area contributed by atoms with Gasteiger partial charge in [0.05, 0.1) is 12.6 Å². The topological polar surface area (TPSA) is 55.6 Å². The highest BCUT2D eigenvalue weighted by Gasteiger charge is 2.16. The van der Waals surface area contributed by atoms with Crippen molar-refractivity contribution in [3.8, 4) is 5.75 Å². The number of carbonyl (C=O) groups excluding carboxylic acids is 1. The number of nitrogens with zero attached hydrogens (tertiary/aromatic N) is 1. The van der Waals surface area contributed by atoms with E-state index in [1.807, 2.05) is 38.1 Å². The zero-order valence-electron chi connectivity index (χ0n) is 12.1. The van der Waals surface area contributed by atoms with E-state index in [2.05, 4.69) is 0 Å². The second kappa shape index (κ2) is 7.79. The standard InChI is InChI=1S/C15H24N2O2/c1-4-7-13(16)15(18)17(3)10-11-19-14-9-6-5-8-12(14)2/h5-6,8-9,13H,4,7,10-11,16H2,1-3H3/t13-/m1/s1. The van der Waals surface area contributed by atoms with E-state index in [0.717, 1.165) is 24.2 Å². The number of benzene rings is 1. The van der Waals surface area contributed by atoms with Gasteiger partial charge in [-0.05, 0) is 25.0 Å². The van der Waals surface area contributed by atoms with Crippen molar-refractivity contribution >= 4 is 5.91 Å². The second-order valence-corrected chi connectivity index (χ2v) is 4.77. The van der Waals surface area contributed by atoms with E-state index >= 15 is 0 Å². The molecule has 0 radical (unpaired) electrons. The number of para-hydroxylation sites is 1. The summed E-state index contributed by atoms with van der Waals surface area (Å²) < 4.78 is 5.66. The van der Waals surface area contributed by atoms with E-state index < -0.39 is 6.04 Å². The molecule has 1 amide bonds. The predicted octanol–water partition coefficient (Wildman–Crippen LogP) is 1.96. The summed E-state index contributed by atoms with van der Waals surface area (Å²) in [5.74, 6) is 0.844. The van der Waals surface area contributed by atoms with Crippen molar-refractivity contribution in [3.05, 3.63) is 29.8 Å². The molecule has 0 aliphatic rings. The lowest BCUT2D eigenvalue weighted by molar-refractivity contribution is -0.131. The Labute approximate surface area is 115 Å².